The third-order valence-electron chi connectivity index (χ3n) is 2.76. The van der Waals surface area contributed by atoms with Crippen LogP contribution in [0.1, 0.15) is 35.6 Å². The van der Waals surface area contributed by atoms with Crippen molar-refractivity contribution in [2.24, 2.45) is 0 Å². The van der Waals surface area contributed by atoms with E-state index < -0.39 is 0 Å². The zero-order valence-corrected chi connectivity index (χ0v) is 8.39. The average Bonchev–Trinajstić information content (AvgIpc) is 2.93. The van der Waals surface area contributed by atoms with E-state index in [0.717, 1.165) is 5.82 Å². The maximum atomic E-state index is 4.26. The summed E-state index contributed by atoms with van der Waals surface area (Å²) in [5, 5.41) is 11.5. The van der Waals surface area contributed by atoms with E-state index in [2.05, 4.69) is 29.4 Å². The lowest BCUT2D eigenvalue weighted by atomic mass is 10.1. The summed E-state index contributed by atoms with van der Waals surface area (Å²) in [7, 11) is 1.88. The summed E-state index contributed by atoms with van der Waals surface area (Å²) < 4.78 is 0. The molecule has 1 aliphatic rings. The molecule has 1 aromatic heterocycles. The van der Waals surface area contributed by atoms with Crippen LogP contribution in [0.4, 0.5) is 5.82 Å². The highest BCUT2D eigenvalue weighted by atomic mass is 15.2. The van der Waals surface area contributed by atoms with Crippen molar-refractivity contribution in [2.45, 2.75) is 32.6 Å². The maximum Gasteiger partial charge on any atom is 0.151 e. The molecule has 1 heterocycles. The quantitative estimate of drug-likeness (QED) is 0.751. The van der Waals surface area contributed by atoms with E-state index in [9.17, 15) is 0 Å². The molecule has 70 valence electrons. The van der Waals surface area contributed by atoms with Gasteiger partial charge in [-0.15, -0.1) is 5.10 Å². The standard InChI is InChI=1S/C10H15N3/c1-6-7(2)10(11-3)13-12-9(6)8-4-5-8/h8H,4-5H2,1-3H3,(H,11,13). The Morgan fingerprint density at radius 1 is 1.15 bits per heavy atom. The first-order chi connectivity index (χ1) is 6.24. The zero-order chi connectivity index (χ0) is 9.42. The smallest absolute Gasteiger partial charge is 0.151 e. The van der Waals surface area contributed by atoms with Crippen molar-refractivity contribution in [3.05, 3.63) is 16.8 Å². The molecule has 0 radical (unpaired) electrons. The van der Waals surface area contributed by atoms with Gasteiger partial charge in [0.15, 0.2) is 5.82 Å². The van der Waals surface area contributed by atoms with Crippen LogP contribution in [-0.2, 0) is 0 Å². The van der Waals surface area contributed by atoms with Gasteiger partial charge in [0.2, 0.25) is 0 Å². The van der Waals surface area contributed by atoms with Gasteiger partial charge in [-0.25, -0.2) is 0 Å². The van der Waals surface area contributed by atoms with Crippen molar-refractivity contribution < 1.29 is 0 Å². The number of rotatable bonds is 2. The van der Waals surface area contributed by atoms with E-state index in [0.29, 0.717) is 5.92 Å². The summed E-state index contributed by atoms with van der Waals surface area (Å²) in [5.74, 6) is 1.60. The van der Waals surface area contributed by atoms with Gasteiger partial charge in [0, 0.05) is 13.0 Å². The van der Waals surface area contributed by atoms with Gasteiger partial charge in [0.25, 0.3) is 0 Å². The van der Waals surface area contributed by atoms with Crippen molar-refractivity contribution in [1.29, 1.82) is 0 Å². The second-order valence-corrected chi connectivity index (χ2v) is 3.71. The van der Waals surface area contributed by atoms with Gasteiger partial charge < -0.3 is 5.32 Å². The summed E-state index contributed by atoms with van der Waals surface area (Å²) in [6, 6.07) is 0. The molecular formula is C10H15N3. The second kappa shape index (κ2) is 2.98. The number of aromatic nitrogens is 2. The SMILES string of the molecule is CNc1nnc(C2CC2)c(C)c1C. The molecule has 0 saturated heterocycles. The Hall–Kier alpha value is -1.12. The van der Waals surface area contributed by atoms with Crippen LogP contribution in [0.3, 0.4) is 0 Å². The summed E-state index contributed by atoms with van der Waals surface area (Å²) in [6.45, 7) is 4.24. The number of nitrogens with zero attached hydrogens (tertiary/aromatic N) is 2. The van der Waals surface area contributed by atoms with Crippen LogP contribution in [-0.4, -0.2) is 17.2 Å². The molecule has 0 amide bonds. The molecule has 1 aromatic rings. The van der Waals surface area contributed by atoms with Crippen LogP contribution in [0.15, 0.2) is 0 Å². The molecule has 3 heteroatoms. The zero-order valence-electron chi connectivity index (χ0n) is 8.39. The minimum atomic E-state index is 0.692. The second-order valence-electron chi connectivity index (χ2n) is 3.71. The fourth-order valence-corrected chi connectivity index (χ4v) is 1.61. The van der Waals surface area contributed by atoms with Crippen LogP contribution in [0.5, 0.6) is 0 Å². The van der Waals surface area contributed by atoms with Gasteiger partial charge in [-0.05, 0) is 37.8 Å². The Morgan fingerprint density at radius 2 is 1.85 bits per heavy atom. The predicted octanol–water partition coefficient (Wildman–Crippen LogP) is 2.01. The lowest BCUT2D eigenvalue weighted by molar-refractivity contribution is 0.884. The molecule has 1 saturated carbocycles. The topological polar surface area (TPSA) is 37.8 Å². The normalized spacial score (nSPS) is 15.9. The van der Waals surface area contributed by atoms with Crippen molar-refractivity contribution in [3.63, 3.8) is 0 Å². The fraction of sp³-hybridized carbons (Fsp3) is 0.600. The molecule has 0 spiro atoms. The molecule has 0 atom stereocenters. The monoisotopic (exact) mass is 177 g/mol. The molecule has 13 heavy (non-hydrogen) atoms. The first-order valence-electron chi connectivity index (χ1n) is 4.75. The molecule has 0 aromatic carbocycles. The fourth-order valence-electron chi connectivity index (χ4n) is 1.61. The molecule has 1 fully saturated rings. The molecule has 0 unspecified atom stereocenters. The Balaban J connectivity index is 2.44. The van der Waals surface area contributed by atoms with Gasteiger partial charge in [0.05, 0.1) is 5.69 Å². The Bertz CT molecular complexity index is 329. The van der Waals surface area contributed by atoms with Crippen LogP contribution in [0.2, 0.25) is 0 Å². The van der Waals surface area contributed by atoms with Gasteiger partial charge in [-0.1, -0.05) is 0 Å². The van der Waals surface area contributed by atoms with E-state index in [1.165, 1.54) is 29.7 Å². The minimum absolute atomic E-state index is 0.692. The largest absolute Gasteiger partial charge is 0.371 e. The van der Waals surface area contributed by atoms with E-state index in [1.54, 1.807) is 0 Å². The van der Waals surface area contributed by atoms with Crippen LogP contribution >= 0.6 is 0 Å². The summed E-state index contributed by atoms with van der Waals surface area (Å²) in [5.41, 5.74) is 3.75. The molecular weight excluding hydrogens is 162 g/mol. The Kier molecular flexibility index (Phi) is 1.94. The van der Waals surface area contributed by atoms with E-state index in [4.69, 9.17) is 0 Å². The average molecular weight is 177 g/mol. The summed E-state index contributed by atoms with van der Waals surface area (Å²) >= 11 is 0. The van der Waals surface area contributed by atoms with Crippen molar-refractivity contribution in [3.8, 4) is 0 Å². The molecule has 2 rings (SSSR count). The van der Waals surface area contributed by atoms with Crippen molar-refractivity contribution in [1.82, 2.24) is 10.2 Å². The highest BCUT2D eigenvalue weighted by Gasteiger charge is 2.28. The van der Waals surface area contributed by atoms with Crippen LogP contribution in [0.25, 0.3) is 0 Å². The van der Waals surface area contributed by atoms with Crippen LogP contribution < -0.4 is 5.32 Å². The maximum absolute atomic E-state index is 4.26. The third-order valence-corrected chi connectivity index (χ3v) is 2.76. The molecule has 3 nitrogen and oxygen atoms in total. The summed E-state index contributed by atoms with van der Waals surface area (Å²) in [6.07, 6.45) is 2.57. The highest BCUT2D eigenvalue weighted by Crippen LogP contribution is 2.41. The van der Waals surface area contributed by atoms with E-state index in [-0.39, 0.29) is 0 Å². The molecule has 1 N–H and O–H groups in total. The van der Waals surface area contributed by atoms with Crippen molar-refractivity contribution in [2.75, 3.05) is 12.4 Å². The molecule has 1 aliphatic carbocycles. The van der Waals surface area contributed by atoms with Gasteiger partial charge >= 0.3 is 0 Å². The first kappa shape index (κ1) is 8.48. The summed E-state index contributed by atoms with van der Waals surface area (Å²) in [4.78, 5) is 0. The molecule has 0 aliphatic heterocycles. The molecule has 0 bridgehead atoms. The number of anilines is 1. The Labute approximate surface area is 78.6 Å². The number of nitrogens with one attached hydrogen (secondary N) is 1. The number of hydrogen-bond acceptors (Lipinski definition) is 3. The van der Waals surface area contributed by atoms with Gasteiger partial charge in [-0.3, -0.25) is 0 Å². The number of hydrogen-bond donors (Lipinski definition) is 1. The van der Waals surface area contributed by atoms with Gasteiger partial charge in [0.1, 0.15) is 0 Å². The van der Waals surface area contributed by atoms with Gasteiger partial charge in [-0.2, -0.15) is 5.10 Å². The van der Waals surface area contributed by atoms with E-state index >= 15 is 0 Å². The van der Waals surface area contributed by atoms with Crippen LogP contribution in [0, 0.1) is 13.8 Å². The minimum Gasteiger partial charge on any atom is -0.371 e. The third kappa shape index (κ3) is 1.39. The van der Waals surface area contributed by atoms with Crippen molar-refractivity contribution >= 4 is 5.82 Å². The first-order valence-corrected chi connectivity index (χ1v) is 4.75. The van der Waals surface area contributed by atoms with E-state index in [1.807, 2.05) is 7.05 Å². The lowest BCUT2D eigenvalue weighted by Gasteiger charge is -2.09. The Morgan fingerprint density at radius 3 is 2.38 bits per heavy atom. The lowest BCUT2D eigenvalue weighted by Crippen LogP contribution is -2.04. The highest BCUT2D eigenvalue weighted by molar-refractivity contribution is 5.48. The predicted molar refractivity (Wildman–Crippen MR) is 53.0 cm³/mol.